The number of pyridine rings is 1. The van der Waals surface area contributed by atoms with Gasteiger partial charge in [-0.3, -0.25) is 0 Å². The zero-order chi connectivity index (χ0) is 30.7. The van der Waals surface area contributed by atoms with Crippen molar-refractivity contribution in [2.24, 2.45) is 5.41 Å². The molecule has 1 aromatic heterocycles. The highest BCUT2D eigenvalue weighted by Gasteiger charge is 2.37. The maximum absolute atomic E-state index is 13.2. The van der Waals surface area contributed by atoms with Gasteiger partial charge in [0.1, 0.15) is 23.3 Å². The predicted octanol–water partition coefficient (Wildman–Crippen LogP) is 7.26. The number of halogens is 1. The van der Waals surface area contributed by atoms with Crippen molar-refractivity contribution in [2.75, 3.05) is 24.6 Å². The molecule has 0 radical (unpaired) electrons. The number of aryl methyl sites for hydroxylation is 1. The van der Waals surface area contributed by atoms with Crippen LogP contribution in [0.2, 0.25) is 0 Å². The highest BCUT2D eigenvalue weighted by atomic mass is 19.1. The fourth-order valence-electron chi connectivity index (χ4n) is 5.29. The Labute approximate surface area is 247 Å². The van der Waals surface area contributed by atoms with E-state index >= 15 is 0 Å². The fourth-order valence-corrected chi connectivity index (χ4v) is 5.29. The zero-order valence-electron chi connectivity index (χ0n) is 25.3. The molecule has 0 bridgehead atoms. The Hall–Kier alpha value is -3.96. The largest absolute Gasteiger partial charge is 0.493 e. The van der Waals surface area contributed by atoms with E-state index in [9.17, 15) is 19.6 Å². The number of anilines is 1. The molecule has 1 aliphatic heterocycles. The van der Waals surface area contributed by atoms with E-state index in [4.69, 9.17) is 9.47 Å². The molecule has 1 atom stereocenters. The lowest BCUT2D eigenvalue weighted by Crippen LogP contribution is -2.39. The van der Waals surface area contributed by atoms with Gasteiger partial charge in [-0.05, 0) is 81.3 Å². The number of ether oxygens (including phenoxy) is 2. The molecule has 0 aliphatic carbocycles. The number of aliphatic carboxylic acids is 1. The molecular weight excluding hydrogens is 533 g/mol. The molecule has 2 aromatic carbocycles. The van der Waals surface area contributed by atoms with E-state index in [0.29, 0.717) is 48.8 Å². The molecule has 1 fully saturated rings. The number of carboxylic acids is 1. The van der Waals surface area contributed by atoms with Crippen LogP contribution in [0, 0.1) is 29.5 Å². The number of benzene rings is 2. The van der Waals surface area contributed by atoms with Gasteiger partial charge in [0.15, 0.2) is 6.10 Å². The van der Waals surface area contributed by atoms with Crippen LogP contribution >= 0.6 is 0 Å². The van der Waals surface area contributed by atoms with Gasteiger partial charge in [0, 0.05) is 30.8 Å². The second-order valence-corrected chi connectivity index (χ2v) is 12.6. The topological polar surface area (TPSA) is 95.7 Å². The third-order valence-corrected chi connectivity index (χ3v) is 7.60. The van der Waals surface area contributed by atoms with Crippen molar-refractivity contribution in [2.45, 2.75) is 72.5 Å². The third-order valence-electron chi connectivity index (χ3n) is 7.60. The maximum atomic E-state index is 13.2. The highest BCUT2D eigenvalue weighted by molar-refractivity contribution is 5.88. The Balaban J connectivity index is 1.75. The van der Waals surface area contributed by atoms with Gasteiger partial charge in [0.05, 0.1) is 23.5 Å². The van der Waals surface area contributed by atoms with Crippen LogP contribution in [0.25, 0.3) is 11.1 Å². The molecular formula is C34H40FN3O4. The normalized spacial score (nSPS) is 15.6. The standard InChI is InChI=1S/C34H40FN3O4/c1-22-28(24-9-13-26(14-10-24)41-20-15-23-7-11-25(35)12-8-23)30(38-18-16-34(5,6)17-19-38)29(27(21-36)37-22)31(32(39)40)42-33(2,3)4/h7-14,31H,15-20H2,1-6H3,(H,39,40). The molecule has 2 heterocycles. The number of carboxylic acid groups (broad SMARTS) is 1. The monoisotopic (exact) mass is 573 g/mol. The van der Waals surface area contributed by atoms with E-state index in [-0.39, 0.29) is 16.9 Å². The molecule has 7 nitrogen and oxygen atoms in total. The van der Waals surface area contributed by atoms with Crippen molar-refractivity contribution in [3.63, 3.8) is 0 Å². The first-order valence-corrected chi connectivity index (χ1v) is 14.4. The summed E-state index contributed by atoms with van der Waals surface area (Å²) in [6.07, 6.45) is 1.12. The SMILES string of the molecule is Cc1nc(C#N)c(C(OC(C)(C)C)C(=O)O)c(N2CCC(C)(C)CC2)c1-c1ccc(OCCc2ccc(F)cc2)cc1. The molecule has 4 rings (SSSR count). The lowest BCUT2D eigenvalue weighted by atomic mass is 9.81. The van der Waals surface area contributed by atoms with Crippen molar-refractivity contribution < 1.29 is 23.8 Å². The number of nitriles is 1. The minimum Gasteiger partial charge on any atom is -0.493 e. The quantitative estimate of drug-likeness (QED) is 0.288. The second-order valence-electron chi connectivity index (χ2n) is 12.6. The summed E-state index contributed by atoms with van der Waals surface area (Å²) < 4.78 is 25.2. The molecule has 1 aliphatic rings. The summed E-state index contributed by atoms with van der Waals surface area (Å²) in [5.41, 5.74) is 3.69. The van der Waals surface area contributed by atoms with Crippen LogP contribution in [0.4, 0.5) is 10.1 Å². The van der Waals surface area contributed by atoms with E-state index in [1.165, 1.54) is 12.1 Å². The number of carbonyl (C=O) groups is 1. The molecule has 8 heteroatoms. The molecule has 1 saturated heterocycles. The Morgan fingerprint density at radius 1 is 1.12 bits per heavy atom. The van der Waals surface area contributed by atoms with Crippen molar-refractivity contribution in [3.8, 4) is 22.9 Å². The lowest BCUT2D eigenvalue weighted by molar-refractivity contribution is -0.160. The molecule has 1 N–H and O–H groups in total. The average Bonchev–Trinajstić information content (AvgIpc) is 2.92. The second kappa shape index (κ2) is 12.5. The van der Waals surface area contributed by atoms with Crippen LogP contribution in [0.1, 0.15) is 76.1 Å². The minimum absolute atomic E-state index is 0.0634. The van der Waals surface area contributed by atoms with Gasteiger partial charge < -0.3 is 19.5 Å². The van der Waals surface area contributed by atoms with Crippen molar-refractivity contribution in [3.05, 3.63) is 76.9 Å². The number of piperidine rings is 1. The molecule has 42 heavy (non-hydrogen) atoms. The fraction of sp³-hybridized carbons (Fsp3) is 0.441. The summed E-state index contributed by atoms with van der Waals surface area (Å²) in [4.78, 5) is 19.5. The smallest absolute Gasteiger partial charge is 0.337 e. The number of rotatable bonds is 9. The summed E-state index contributed by atoms with van der Waals surface area (Å²) in [6, 6.07) is 16.2. The molecule has 0 saturated carbocycles. The van der Waals surface area contributed by atoms with Gasteiger partial charge in [0.2, 0.25) is 0 Å². The zero-order valence-corrected chi connectivity index (χ0v) is 25.3. The van der Waals surface area contributed by atoms with Gasteiger partial charge in [0.25, 0.3) is 0 Å². The summed E-state index contributed by atoms with van der Waals surface area (Å²) in [5, 5.41) is 20.5. The van der Waals surface area contributed by atoms with Crippen molar-refractivity contribution >= 4 is 11.7 Å². The van der Waals surface area contributed by atoms with E-state index in [2.05, 4.69) is 29.8 Å². The molecule has 1 unspecified atom stereocenters. The Kier molecular flexibility index (Phi) is 9.22. The number of aromatic nitrogens is 1. The highest BCUT2D eigenvalue weighted by Crippen LogP contribution is 2.45. The van der Waals surface area contributed by atoms with Crippen LogP contribution < -0.4 is 9.64 Å². The molecule has 0 amide bonds. The van der Waals surface area contributed by atoms with Crippen LogP contribution in [-0.4, -0.2) is 41.4 Å². The van der Waals surface area contributed by atoms with Crippen molar-refractivity contribution in [1.29, 1.82) is 5.26 Å². The lowest BCUT2D eigenvalue weighted by Gasteiger charge is -2.41. The Morgan fingerprint density at radius 2 is 1.74 bits per heavy atom. The number of hydrogen-bond acceptors (Lipinski definition) is 6. The molecule has 222 valence electrons. The van der Waals surface area contributed by atoms with Gasteiger partial charge in [-0.15, -0.1) is 0 Å². The summed E-state index contributed by atoms with van der Waals surface area (Å²) in [5.74, 6) is -0.749. The summed E-state index contributed by atoms with van der Waals surface area (Å²) in [6.45, 7) is 13.6. The third kappa shape index (κ3) is 7.46. The van der Waals surface area contributed by atoms with Crippen molar-refractivity contribution in [1.82, 2.24) is 4.98 Å². The predicted molar refractivity (Wildman–Crippen MR) is 161 cm³/mol. The Morgan fingerprint density at radius 3 is 2.29 bits per heavy atom. The van der Waals surface area contributed by atoms with Crippen LogP contribution in [0.15, 0.2) is 48.5 Å². The van der Waals surface area contributed by atoms with Crippen LogP contribution in [0.5, 0.6) is 5.75 Å². The minimum atomic E-state index is -1.37. The van der Waals surface area contributed by atoms with E-state index < -0.39 is 17.7 Å². The van der Waals surface area contributed by atoms with Gasteiger partial charge in [-0.25, -0.2) is 14.2 Å². The number of nitrogens with zero attached hydrogens (tertiary/aromatic N) is 3. The molecule has 3 aromatic rings. The van der Waals surface area contributed by atoms with Gasteiger partial charge in [-0.2, -0.15) is 5.26 Å². The van der Waals surface area contributed by atoms with Gasteiger partial charge in [-0.1, -0.05) is 38.1 Å². The van der Waals surface area contributed by atoms with E-state index in [0.717, 1.165) is 29.5 Å². The van der Waals surface area contributed by atoms with Crippen LogP contribution in [0.3, 0.4) is 0 Å². The van der Waals surface area contributed by atoms with Gasteiger partial charge >= 0.3 is 5.97 Å². The number of hydrogen-bond donors (Lipinski definition) is 1. The maximum Gasteiger partial charge on any atom is 0.337 e. The van der Waals surface area contributed by atoms with E-state index in [1.807, 2.05) is 31.2 Å². The molecule has 0 spiro atoms. The first-order valence-electron chi connectivity index (χ1n) is 14.4. The Bertz CT molecular complexity index is 1440. The summed E-state index contributed by atoms with van der Waals surface area (Å²) in [7, 11) is 0. The van der Waals surface area contributed by atoms with E-state index in [1.54, 1.807) is 32.9 Å². The van der Waals surface area contributed by atoms with Crippen LogP contribution in [-0.2, 0) is 16.0 Å². The average molecular weight is 574 g/mol. The first kappa shape index (κ1) is 31.0. The first-order chi connectivity index (χ1) is 19.8. The summed E-state index contributed by atoms with van der Waals surface area (Å²) >= 11 is 0.